The lowest BCUT2D eigenvalue weighted by Gasteiger charge is -2.09. The Morgan fingerprint density at radius 3 is 3.00 bits per heavy atom. The van der Waals surface area contributed by atoms with E-state index in [9.17, 15) is 4.79 Å². The fourth-order valence-corrected chi connectivity index (χ4v) is 1.89. The Balaban J connectivity index is 1.99. The quantitative estimate of drug-likeness (QED) is 0.775. The minimum absolute atomic E-state index is 0.229. The highest BCUT2D eigenvalue weighted by Gasteiger charge is 2.09. The number of hydrogen-bond donors (Lipinski definition) is 2. The van der Waals surface area contributed by atoms with Crippen LogP contribution in [0.5, 0.6) is 0 Å². The van der Waals surface area contributed by atoms with E-state index in [1.54, 1.807) is 24.2 Å². The van der Waals surface area contributed by atoms with Gasteiger partial charge in [-0.3, -0.25) is 9.67 Å². The van der Waals surface area contributed by atoms with Gasteiger partial charge in [0.15, 0.2) is 0 Å². The molecule has 7 nitrogen and oxygen atoms in total. The van der Waals surface area contributed by atoms with Crippen LogP contribution in [0.2, 0.25) is 0 Å². The van der Waals surface area contributed by atoms with Gasteiger partial charge in [-0.05, 0) is 11.6 Å². The molecule has 2 rings (SSSR count). The second kappa shape index (κ2) is 7.39. The number of pyridine rings is 1. The van der Waals surface area contributed by atoms with E-state index in [-0.39, 0.29) is 6.03 Å². The standard InChI is InChI=1S/C14H19N5O2/c1-19-10-12(9-18-19)13-11(4-3-5-15-13)8-17-14(20)16-6-7-21-2/h3-5,9-10H,6-8H2,1-2H3,(H2,16,17,20). The van der Waals surface area contributed by atoms with Crippen molar-refractivity contribution < 1.29 is 9.53 Å². The van der Waals surface area contributed by atoms with Crippen LogP contribution in [-0.2, 0) is 18.3 Å². The third-order valence-corrected chi connectivity index (χ3v) is 2.90. The van der Waals surface area contributed by atoms with Crippen LogP contribution in [0.25, 0.3) is 11.3 Å². The molecule has 0 fully saturated rings. The lowest BCUT2D eigenvalue weighted by atomic mass is 10.1. The van der Waals surface area contributed by atoms with Crippen LogP contribution in [-0.4, -0.2) is 41.1 Å². The molecule has 0 saturated heterocycles. The molecule has 0 spiro atoms. The van der Waals surface area contributed by atoms with Crippen LogP contribution in [0.15, 0.2) is 30.7 Å². The molecule has 0 unspecified atom stereocenters. The van der Waals surface area contributed by atoms with Crippen molar-refractivity contribution >= 4 is 6.03 Å². The number of aryl methyl sites for hydroxylation is 1. The van der Waals surface area contributed by atoms with Crippen molar-refractivity contribution in [2.45, 2.75) is 6.54 Å². The fraction of sp³-hybridized carbons (Fsp3) is 0.357. The Morgan fingerprint density at radius 2 is 2.29 bits per heavy atom. The van der Waals surface area contributed by atoms with Gasteiger partial charge in [0.25, 0.3) is 0 Å². The smallest absolute Gasteiger partial charge is 0.315 e. The summed E-state index contributed by atoms with van der Waals surface area (Å²) in [6.07, 6.45) is 5.37. The van der Waals surface area contributed by atoms with E-state index < -0.39 is 0 Å². The molecule has 0 atom stereocenters. The molecule has 0 aliphatic heterocycles. The van der Waals surface area contributed by atoms with Crippen LogP contribution < -0.4 is 10.6 Å². The zero-order valence-electron chi connectivity index (χ0n) is 12.2. The Bertz CT molecular complexity index is 597. The molecule has 2 aromatic heterocycles. The predicted octanol–water partition coefficient (Wildman–Crippen LogP) is 0.928. The van der Waals surface area contributed by atoms with Gasteiger partial charge in [-0.25, -0.2) is 4.79 Å². The van der Waals surface area contributed by atoms with Crippen LogP contribution in [0.1, 0.15) is 5.56 Å². The van der Waals surface area contributed by atoms with Crippen molar-refractivity contribution in [3.8, 4) is 11.3 Å². The first-order valence-corrected chi connectivity index (χ1v) is 6.64. The molecular formula is C14H19N5O2. The predicted molar refractivity (Wildman–Crippen MR) is 78.6 cm³/mol. The van der Waals surface area contributed by atoms with Crippen LogP contribution in [0.4, 0.5) is 4.79 Å². The number of methoxy groups -OCH3 is 1. The Kier molecular flexibility index (Phi) is 5.28. The number of nitrogens with one attached hydrogen (secondary N) is 2. The van der Waals surface area contributed by atoms with Gasteiger partial charge in [-0.2, -0.15) is 5.10 Å². The largest absolute Gasteiger partial charge is 0.383 e. The fourth-order valence-electron chi connectivity index (χ4n) is 1.89. The van der Waals surface area contributed by atoms with Gasteiger partial charge >= 0.3 is 6.03 Å². The third-order valence-electron chi connectivity index (χ3n) is 2.90. The molecule has 0 aromatic carbocycles. The summed E-state index contributed by atoms with van der Waals surface area (Å²) in [5.41, 5.74) is 2.69. The van der Waals surface area contributed by atoms with Crippen molar-refractivity contribution in [2.24, 2.45) is 7.05 Å². The van der Waals surface area contributed by atoms with Crippen molar-refractivity contribution in [3.63, 3.8) is 0 Å². The van der Waals surface area contributed by atoms with Crippen LogP contribution in [0, 0.1) is 0 Å². The molecule has 2 N–H and O–H groups in total. The summed E-state index contributed by atoms with van der Waals surface area (Å²) in [7, 11) is 3.45. The van der Waals surface area contributed by atoms with Crippen molar-refractivity contribution in [2.75, 3.05) is 20.3 Å². The van der Waals surface area contributed by atoms with Crippen molar-refractivity contribution in [3.05, 3.63) is 36.3 Å². The van der Waals surface area contributed by atoms with Gasteiger partial charge in [-0.1, -0.05) is 6.07 Å². The molecule has 0 saturated carbocycles. The maximum Gasteiger partial charge on any atom is 0.315 e. The number of amides is 2. The van der Waals surface area contributed by atoms with Crippen LogP contribution in [0.3, 0.4) is 0 Å². The third kappa shape index (κ3) is 4.28. The lowest BCUT2D eigenvalue weighted by Crippen LogP contribution is -2.36. The molecule has 2 amide bonds. The zero-order chi connectivity index (χ0) is 15.1. The van der Waals surface area contributed by atoms with E-state index in [4.69, 9.17) is 4.74 Å². The van der Waals surface area contributed by atoms with Gasteiger partial charge in [0.1, 0.15) is 0 Å². The number of aromatic nitrogens is 3. The normalized spacial score (nSPS) is 10.4. The number of ether oxygens (including phenoxy) is 1. The second-order valence-electron chi connectivity index (χ2n) is 4.52. The minimum atomic E-state index is -0.229. The number of hydrogen-bond acceptors (Lipinski definition) is 4. The van der Waals surface area contributed by atoms with E-state index >= 15 is 0 Å². The first-order chi connectivity index (χ1) is 10.2. The SMILES string of the molecule is COCCNC(=O)NCc1cccnc1-c1cnn(C)c1. The molecule has 7 heteroatoms. The van der Waals surface area contributed by atoms with Crippen molar-refractivity contribution in [1.82, 2.24) is 25.4 Å². The molecule has 2 aromatic rings. The summed E-state index contributed by atoms with van der Waals surface area (Å²) in [6.45, 7) is 1.36. The monoisotopic (exact) mass is 289 g/mol. The highest BCUT2D eigenvalue weighted by atomic mass is 16.5. The van der Waals surface area contributed by atoms with Gasteiger partial charge in [0.2, 0.25) is 0 Å². The topological polar surface area (TPSA) is 81.1 Å². The molecule has 0 radical (unpaired) electrons. The van der Waals surface area contributed by atoms with E-state index in [2.05, 4.69) is 20.7 Å². The first-order valence-electron chi connectivity index (χ1n) is 6.64. The van der Waals surface area contributed by atoms with E-state index in [1.165, 1.54) is 0 Å². The first kappa shape index (κ1) is 15.0. The van der Waals surface area contributed by atoms with Gasteiger partial charge in [0, 0.05) is 45.2 Å². The van der Waals surface area contributed by atoms with E-state index in [0.29, 0.717) is 19.7 Å². The molecule has 21 heavy (non-hydrogen) atoms. The summed E-state index contributed by atoms with van der Waals surface area (Å²) >= 11 is 0. The lowest BCUT2D eigenvalue weighted by molar-refractivity contribution is 0.196. The Labute approximate surface area is 123 Å². The molecule has 0 aliphatic rings. The van der Waals surface area contributed by atoms with Gasteiger partial charge in [-0.15, -0.1) is 0 Å². The molecule has 0 aliphatic carbocycles. The average Bonchev–Trinajstić information content (AvgIpc) is 2.92. The Morgan fingerprint density at radius 1 is 1.43 bits per heavy atom. The van der Waals surface area contributed by atoms with Crippen molar-refractivity contribution in [1.29, 1.82) is 0 Å². The zero-order valence-corrected chi connectivity index (χ0v) is 12.2. The molecule has 112 valence electrons. The minimum Gasteiger partial charge on any atom is -0.383 e. The second-order valence-corrected chi connectivity index (χ2v) is 4.52. The number of urea groups is 1. The average molecular weight is 289 g/mol. The maximum atomic E-state index is 11.6. The number of rotatable bonds is 6. The van der Waals surface area contributed by atoms with Gasteiger partial charge in [0.05, 0.1) is 18.5 Å². The molecule has 2 heterocycles. The number of nitrogens with zero attached hydrogens (tertiary/aromatic N) is 3. The maximum absolute atomic E-state index is 11.6. The summed E-state index contributed by atoms with van der Waals surface area (Å²) in [4.78, 5) is 16.0. The summed E-state index contributed by atoms with van der Waals surface area (Å²) < 4.78 is 6.59. The Hall–Kier alpha value is -2.41. The van der Waals surface area contributed by atoms with Crippen LogP contribution >= 0.6 is 0 Å². The molecule has 0 bridgehead atoms. The van der Waals surface area contributed by atoms with E-state index in [1.807, 2.05) is 25.4 Å². The molecular weight excluding hydrogens is 270 g/mol. The summed E-state index contributed by atoms with van der Waals surface area (Å²) in [5.74, 6) is 0. The number of carbonyl (C=O) groups is 1. The highest BCUT2D eigenvalue weighted by molar-refractivity contribution is 5.74. The highest BCUT2D eigenvalue weighted by Crippen LogP contribution is 2.19. The summed E-state index contributed by atoms with van der Waals surface area (Å²) in [5, 5.41) is 9.65. The number of carbonyl (C=O) groups excluding carboxylic acids is 1. The summed E-state index contributed by atoms with van der Waals surface area (Å²) in [6, 6.07) is 3.55. The van der Waals surface area contributed by atoms with Gasteiger partial charge < -0.3 is 15.4 Å². The van der Waals surface area contributed by atoms with E-state index in [0.717, 1.165) is 16.8 Å².